The minimum Gasteiger partial charge on any atom is -0.352 e. The van der Waals surface area contributed by atoms with Gasteiger partial charge in [-0.1, -0.05) is 0 Å². The lowest BCUT2D eigenvalue weighted by molar-refractivity contribution is -0.123. The summed E-state index contributed by atoms with van der Waals surface area (Å²) in [7, 11) is 3.94. The molecule has 1 fully saturated rings. The maximum atomic E-state index is 11.6. The summed E-state index contributed by atoms with van der Waals surface area (Å²) >= 11 is 0. The van der Waals surface area contributed by atoms with Crippen molar-refractivity contribution in [1.82, 2.24) is 15.5 Å². The number of hydrogen-bond donors (Lipinski definition) is 2. The van der Waals surface area contributed by atoms with Gasteiger partial charge in [-0.15, -0.1) is 0 Å². The molecule has 1 rings (SSSR count). The molecular formula is C11H23N3O. The van der Waals surface area contributed by atoms with Crippen LogP contribution in [0.2, 0.25) is 0 Å². The van der Waals surface area contributed by atoms with Gasteiger partial charge >= 0.3 is 0 Å². The second kappa shape index (κ2) is 5.47. The van der Waals surface area contributed by atoms with E-state index in [9.17, 15) is 4.79 Å². The number of hydrogen-bond acceptors (Lipinski definition) is 3. The van der Waals surface area contributed by atoms with E-state index in [0.717, 1.165) is 19.4 Å². The molecule has 3 unspecified atom stereocenters. The van der Waals surface area contributed by atoms with Crippen LogP contribution in [0, 0.1) is 0 Å². The molecule has 1 saturated heterocycles. The van der Waals surface area contributed by atoms with E-state index < -0.39 is 0 Å². The molecule has 2 N–H and O–H groups in total. The Kier molecular flexibility index (Phi) is 4.54. The van der Waals surface area contributed by atoms with Gasteiger partial charge in [-0.05, 0) is 40.8 Å². The largest absolute Gasteiger partial charge is 0.352 e. The topological polar surface area (TPSA) is 44.4 Å². The summed E-state index contributed by atoms with van der Waals surface area (Å²) in [5, 5.41) is 6.04. The molecule has 0 aromatic heterocycles. The summed E-state index contributed by atoms with van der Waals surface area (Å²) in [6.45, 7) is 5.16. The summed E-state index contributed by atoms with van der Waals surface area (Å²) in [5.41, 5.74) is 0. The fraction of sp³-hybridized carbons (Fsp3) is 0.909. The summed E-state index contributed by atoms with van der Waals surface area (Å²) in [4.78, 5) is 14.0. The van der Waals surface area contributed by atoms with Crippen molar-refractivity contribution in [3.8, 4) is 0 Å². The molecule has 15 heavy (non-hydrogen) atoms. The number of piperidine rings is 1. The smallest absolute Gasteiger partial charge is 0.237 e. The first kappa shape index (κ1) is 12.5. The monoisotopic (exact) mass is 213 g/mol. The van der Waals surface area contributed by atoms with E-state index in [-0.39, 0.29) is 11.9 Å². The number of nitrogens with one attached hydrogen (secondary N) is 2. The normalized spacial score (nSPS) is 29.9. The fourth-order valence-corrected chi connectivity index (χ4v) is 1.88. The van der Waals surface area contributed by atoms with Crippen LogP contribution in [0.4, 0.5) is 0 Å². The van der Waals surface area contributed by atoms with Crippen molar-refractivity contribution in [2.75, 3.05) is 20.6 Å². The SMILES string of the molecule is CNC(C)C(=O)NC1CCN(C)C(C)C1. The maximum absolute atomic E-state index is 11.6. The van der Waals surface area contributed by atoms with Crippen molar-refractivity contribution in [2.45, 2.75) is 44.8 Å². The van der Waals surface area contributed by atoms with Gasteiger partial charge in [-0.3, -0.25) is 4.79 Å². The van der Waals surface area contributed by atoms with Gasteiger partial charge in [0.1, 0.15) is 0 Å². The number of likely N-dealkylation sites (N-methyl/N-ethyl adjacent to an activating group) is 1. The van der Waals surface area contributed by atoms with Crippen molar-refractivity contribution in [3.63, 3.8) is 0 Å². The molecule has 0 aliphatic carbocycles. The number of amides is 1. The maximum Gasteiger partial charge on any atom is 0.237 e. The Labute approximate surface area is 92.4 Å². The second-order valence-corrected chi connectivity index (χ2v) is 4.57. The highest BCUT2D eigenvalue weighted by atomic mass is 16.2. The highest BCUT2D eigenvalue weighted by molar-refractivity contribution is 5.81. The first-order chi connectivity index (χ1) is 7.04. The molecule has 1 amide bonds. The summed E-state index contributed by atoms with van der Waals surface area (Å²) in [5.74, 6) is 0.110. The van der Waals surface area contributed by atoms with Crippen LogP contribution in [0.15, 0.2) is 0 Å². The molecule has 0 aromatic rings. The molecule has 1 aliphatic heterocycles. The highest BCUT2D eigenvalue weighted by Gasteiger charge is 2.24. The Bertz CT molecular complexity index is 220. The zero-order chi connectivity index (χ0) is 11.4. The molecule has 0 bridgehead atoms. The van der Waals surface area contributed by atoms with E-state index in [2.05, 4.69) is 29.5 Å². The predicted octanol–water partition coefficient (Wildman–Crippen LogP) is 0.193. The van der Waals surface area contributed by atoms with Crippen LogP contribution in [-0.2, 0) is 4.79 Å². The average molecular weight is 213 g/mol. The zero-order valence-electron chi connectivity index (χ0n) is 10.2. The van der Waals surface area contributed by atoms with Crippen LogP contribution in [0.25, 0.3) is 0 Å². The van der Waals surface area contributed by atoms with Crippen molar-refractivity contribution in [3.05, 3.63) is 0 Å². The van der Waals surface area contributed by atoms with Gasteiger partial charge in [-0.25, -0.2) is 0 Å². The Morgan fingerprint density at radius 3 is 2.73 bits per heavy atom. The van der Waals surface area contributed by atoms with E-state index in [1.54, 1.807) is 0 Å². The van der Waals surface area contributed by atoms with Crippen LogP contribution >= 0.6 is 0 Å². The first-order valence-corrected chi connectivity index (χ1v) is 5.72. The van der Waals surface area contributed by atoms with Crippen molar-refractivity contribution in [1.29, 1.82) is 0 Å². The van der Waals surface area contributed by atoms with Crippen LogP contribution in [0.1, 0.15) is 26.7 Å². The molecular weight excluding hydrogens is 190 g/mol. The summed E-state index contributed by atoms with van der Waals surface area (Å²) in [6, 6.07) is 0.813. The third-order valence-corrected chi connectivity index (χ3v) is 3.38. The van der Waals surface area contributed by atoms with Crippen molar-refractivity contribution in [2.24, 2.45) is 0 Å². The minimum absolute atomic E-state index is 0.0973. The van der Waals surface area contributed by atoms with E-state index in [1.165, 1.54) is 0 Å². The van der Waals surface area contributed by atoms with Gasteiger partial charge in [0, 0.05) is 18.6 Å². The number of nitrogens with zero attached hydrogens (tertiary/aromatic N) is 1. The van der Waals surface area contributed by atoms with Gasteiger partial charge in [0.05, 0.1) is 6.04 Å². The Morgan fingerprint density at radius 2 is 2.20 bits per heavy atom. The molecule has 1 aliphatic rings. The van der Waals surface area contributed by atoms with Gasteiger partial charge < -0.3 is 15.5 Å². The summed E-state index contributed by atoms with van der Waals surface area (Å²) < 4.78 is 0. The lowest BCUT2D eigenvalue weighted by Gasteiger charge is -2.35. The van der Waals surface area contributed by atoms with E-state index >= 15 is 0 Å². The molecule has 3 atom stereocenters. The third kappa shape index (κ3) is 3.47. The Morgan fingerprint density at radius 1 is 1.53 bits per heavy atom. The van der Waals surface area contributed by atoms with Crippen LogP contribution < -0.4 is 10.6 Å². The Balaban J connectivity index is 2.36. The van der Waals surface area contributed by atoms with Crippen molar-refractivity contribution < 1.29 is 4.79 Å². The van der Waals surface area contributed by atoms with E-state index in [0.29, 0.717) is 12.1 Å². The van der Waals surface area contributed by atoms with Gasteiger partial charge in [0.25, 0.3) is 0 Å². The second-order valence-electron chi connectivity index (χ2n) is 4.57. The van der Waals surface area contributed by atoms with Crippen LogP contribution in [-0.4, -0.2) is 49.6 Å². The molecule has 4 nitrogen and oxygen atoms in total. The van der Waals surface area contributed by atoms with Crippen molar-refractivity contribution >= 4 is 5.91 Å². The number of likely N-dealkylation sites (tertiary alicyclic amines) is 1. The fourth-order valence-electron chi connectivity index (χ4n) is 1.88. The third-order valence-electron chi connectivity index (χ3n) is 3.38. The molecule has 0 spiro atoms. The van der Waals surface area contributed by atoms with Crippen LogP contribution in [0.5, 0.6) is 0 Å². The van der Waals surface area contributed by atoms with Gasteiger partial charge in [0.2, 0.25) is 5.91 Å². The molecule has 1 heterocycles. The van der Waals surface area contributed by atoms with Gasteiger partial charge in [0.15, 0.2) is 0 Å². The number of carbonyl (C=O) groups is 1. The first-order valence-electron chi connectivity index (χ1n) is 5.72. The quantitative estimate of drug-likeness (QED) is 0.703. The standard InChI is InChI=1S/C11H23N3O/c1-8-7-10(5-6-14(8)4)13-11(15)9(2)12-3/h8-10,12H,5-7H2,1-4H3,(H,13,15). The average Bonchev–Trinajstić information content (AvgIpc) is 2.22. The lowest BCUT2D eigenvalue weighted by Crippen LogP contribution is -2.51. The zero-order valence-corrected chi connectivity index (χ0v) is 10.2. The van der Waals surface area contributed by atoms with E-state index in [4.69, 9.17) is 0 Å². The number of carbonyl (C=O) groups excluding carboxylic acids is 1. The molecule has 4 heteroatoms. The minimum atomic E-state index is -0.0973. The van der Waals surface area contributed by atoms with E-state index in [1.807, 2.05) is 14.0 Å². The molecule has 0 saturated carbocycles. The van der Waals surface area contributed by atoms with Crippen LogP contribution in [0.3, 0.4) is 0 Å². The molecule has 0 radical (unpaired) electrons. The number of rotatable bonds is 3. The van der Waals surface area contributed by atoms with Gasteiger partial charge in [-0.2, -0.15) is 0 Å². The lowest BCUT2D eigenvalue weighted by atomic mass is 9.99. The molecule has 88 valence electrons. The predicted molar refractivity (Wildman–Crippen MR) is 61.8 cm³/mol. The molecule has 0 aromatic carbocycles. The Hall–Kier alpha value is -0.610. The highest BCUT2D eigenvalue weighted by Crippen LogP contribution is 2.15. The summed E-state index contributed by atoms with van der Waals surface area (Å²) in [6.07, 6.45) is 2.11.